The summed E-state index contributed by atoms with van der Waals surface area (Å²) < 4.78 is 2.44. The molecule has 3 nitrogen and oxygen atoms in total. The van der Waals surface area contributed by atoms with Crippen molar-refractivity contribution in [2.75, 3.05) is 11.4 Å². The average molecular weight is 404 g/mol. The van der Waals surface area contributed by atoms with Gasteiger partial charge in [-0.1, -0.05) is 18.2 Å². The van der Waals surface area contributed by atoms with Crippen LogP contribution in [-0.4, -0.2) is 23.0 Å². The number of fused-ring (bicyclic) bond motifs is 3. The molecule has 160 valence electrons. The quantitative estimate of drug-likeness (QED) is 0.481. The predicted molar refractivity (Wildman–Crippen MR) is 129 cm³/mol. The summed E-state index contributed by atoms with van der Waals surface area (Å²) in [5, 5.41) is 3.71. The Bertz CT molecular complexity index is 975. The molecule has 2 heterocycles. The molecular formula is C27H37N3. The number of nitrogens with zero attached hydrogens (tertiary/aromatic N) is 2. The van der Waals surface area contributed by atoms with E-state index in [4.69, 9.17) is 0 Å². The summed E-state index contributed by atoms with van der Waals surface area (Å²) in [4.78, 5) is 2.49. The number of pyridine rings is 1. The average Bonchev–Trinajstić information content (AvgIpc) is 3.05. The fourth-order valence-electron chi connectivity index (χ4n) is 5.30. The van der Waals surface area contributed by atoms with Gasteiger partial charge in [0, 0.05) is 41.7 Å². The van der Waals surface area contributed by atoms with Gasteiger partial charge in [0.15, 0.2) is 0 Å². The van der Waals surface area contributed by atoms with Gasteiger partial charge in [0.25, 0.3) is 0 Å². The summed E-state index contributed by atoms with van der Waals surface area (Å²) in [5.41, 5.74) is 8.85. The minimum absolute atomic E-state index is 0.502. The van der Waals surface area contributed by atoms with Crippen LogP contribution in [0.2, 0.25) is 0 Å². The van der Waals surface area contributed by atoms with Crippen molar-refractivity contribution in [3.05, 3.63) is 71.0 Å². The molecule has 30 heavy (non-hydrogen) atoms. The number of hydrogen-bond acceptors (Lipinski definition) is 2. The molecule has 0 amide bonds. The first kappa shape index (κ1) is 21.0. The minimum atomic E-state index is 0.502. The first-order valence-corrected chi connectivity index (χ1v) is 11.7. The zero-order valence-corrected chi connectivity index (χ0v) is 19.1. The van der Waals surface area contributed by atoms with E-state index in [1.807, 2.05) is 0 Å². The van der Waals surface area contributed by atoms with Gasteiger partial charge >= 0.3 is 0 Å². The molecule has 1 N–H and O–H groups in total. The second kappa shape index (κ2) is 9.26. The van der Waals surface area contributed by atoms with E-state index in [0.717, 1.165) is 19.5 Å². The van der Waals surface area contributed by atoms with Gasteiger partial charge in [-0.25, -0.2) is 0 Å². The molecule has 1 aliphatic carbocycles. The SMILES string of the molecule is CC(C)N(c1cccc(CNCCc2c3c(n4ccccc24)CCCC3)c1)C(C)C. The van der Waals surface area contributed by atoms with E-state index >= 15 is 0 Å². The van der Waals surface area contributed by atoms with E-state index in [1.54, 1.807) is 16.8 Å². The van der Waals surface area contributed by atoms with Crippen LogP contribution in [0.15, 0.2) is 48.7 Å². The Morgan fingerprint density at radius 1 is 0.967 bits per heavy atom. The van der Waals surface area contributed by atoms with Gasteiger partial charge in [-0.05, 0) is 107 Å². The van der Waals surface area contributed by atoms with E-state index in [1.165, 1.54) is 42.5 Å². The summed E-state index contributed by atoms with van der Waals surface area (Å²) in [6.45, 7) is 11.0. The van der Waals surface area contributed by atoms with Crippen molar-refractivity contribution in [1.82, 2.24) is 9.72 Å². The van der Waals surface area contributed by atoms with Crippen molar-refractivity contribution in [1.29, 1.82) is 0 Å². The summed E-state index contributed by atoms with van der Waals surface area (Å²) in [6.07, 6.45) is 8.48. The molecule has 3 heteroatoms. The Morgan fingerprint density at radius 2 is 1.77 bits per heavy atom. The number of aromatic nitrogens is 1. The highest BCUT2D eigenvalue weighted by Gasteiger charge is 2.20. The van der Waals surface area contributed by atoms with Crippen LogP contribution in [0.1, 0.15) is 62.9 Å². The molecule has 4 rings (SSSR count). The second-order valence-electron chi connectivity index (χ2n) is 9.26. The molecule has 3 aromatic rings. The number of hydrogen-bond donors (Lipinski definition) is 1. The van der Waals surface area contributed by atoms with Crippen LogP contribution in [-0.2, 0) is 25.8 Å². The summed E-state index contributed by atoms with van der Waals surface area (Å²) in [5.74, 6) is 0. The van der Waals surface area contributed by atoms with Crippen molar-refractivity contribution in [3.8, 4) is 0 Å². The lowest BCUT2D eigenvalue weighted by molar-refractivity contribution is 0.607. The van der Waals surface area contributed by atoms with E-state index in [2.05, 4.69) is 91.0 Å². The topological polar surface area (TPSA) is 19.7 Å². The maximum absolute atomic E-state index is 3.71. The summed E-state index contributed by atoms with van der Waals surface area (Å²) in [7, 11) is 0. The molecule has 0 radical (unpaired) electrons. The third-order valence-corrected chi connectivity index (χ3v) is 6.47. The van der Waals surface area contributed by atoms with Gasteiger partial charge < -0.3 is 14.6 Å². The van der Waals surface area contributed by atoms with Gasteiger partial charge in [-0.15, -0.1) is 0 Å². The molecule has 0 saturated carbocycles. The van der Waals surface area contributed by atoms with Crippen LogP contribution in [0.4, 0.5) is 5.69 Å². The van der Waals surface area contributed by atoms with Crippen molar-refractivity contribution in [2.24, 2.45) is 0 Å². The molecule has 0 atom stereocenters. The number of aryl methyl sites for hydroxylation is 1. The van der Waals surface area contributed by atoms with Crippen LogP contribution in [0, 0.1) is 0 Å². The highest BCUT2D eigenvalue weighted by molar-refractivity contribution is 5.62. The first-order chi connectivity index (χ1) is 14.6. The third-order valence-electron chi connectivity index (χ3n) is 6.47. The number of rotatable bonds is 8. The highest BCUT2D eigenvalue weighted by Crippen LogP contribution is 2.30. The molecule has 1 aliphatic rings. The molecule has 0 fully saturated rings. The normalized spacial score (nSPS) is 13.9. The second-order valence-corrected chi connectivity index (χ2v) is 9.26. The Kier molecular flexibility index (Phi) is 6.48. The Hall–Kier alpha value is -2.26. The van der Waals surface area contributed by atoms with Crippen molar-refractivity contribution >= 4 is 11.2 Å². The smallest absolute Gasteiger partial charge is 0.0488 e. The Balaban J connectivity index is 1.42. The van der Waals surface area contributed by atoms with Crippen LogP contribution < -0.4 is 10.2 Å². The van der Waals surface area contributed by atoms with Crippen molar-refractivity contribution < 1.29 is 0 Å². The van der Waals surface area contributed by atoms with Gasteiger partial charge in [-0.2, -0.15) is 0 Å². The molecule has 2 aromatic heterocycles. The van der Waals surface area contributed by atoms with Gasteiger partial charge in [0.05, 0.1) is 0 Å². The Labute approximate surface area is 182 Å². The maximum Gasteiger partial charge on any atom is 0.0488 e. The van der Waals surface area contributed by atoms with E-state index in [-0.39, 0.29) is 0 Å². The van der Waals surface area contributed by atoms with E-state index < -0.39 is 0 Å². The van der Waals surface area contributed by atoms with E-state index in [0.29, 0.717) is 12.1 Å². The number of benzene rings is 1. The van der Waals surface area contributed by atoms with Gasteiger partial charge in [-0.3, -0.25) is 0 Å². The maximum atomic E-state index is 3.71. The highest BCUT2D eigenvalue weighted by atomic mass is 15.2. The zero-order chi connectivity index (χ0) is 21.1. The molecule has 0 aliphatic heterocycles. The van der Waals surface area contributed by atoms with Crippen LogP contribution in [0.3, 0.4) is 0 Å². The van der Waals surface area contributed by atoms with Gasteiger partial charge in [0.1, 0.15) is 0 Å². The lowest BCUT2D eigenvalue weighted by Gasteiger charge is -2.33. The fraction of sp³-hybridized carbons (Fsp3) is 0.481. The fourth-order valence-corrected chi connectivity index (χ4v) is 5.30. The molecule has 0 bridgehead atoms. The standard InChI is InChI=1S/C27H37N3/c1-20(2)30(21(3)4)23-11-9-10-22(18-23)19-28-16-15-25-24-12-5-6-13-26(24)29-17-8-7-14-27(25)29/h7-11,14,17-18,20-21,28H,5-6,12-13,15-16,19H2,1-4H3. The molecule has 0 spiro atoms. The Morgan fingerprint density at radius 3 is 2.57 bits per heavy atom. The van der Waals surface area contributed by atoms with Gasteiger partial charge in [0.2, 0.25) is 0 Å². The van der Waals surface area contributed by atoms with Crippen LogP contribution in [0.5, 0.6) is 0 Å². The van der Waals surface area contributed by atoms with Crippen molar-refractivity contribution in [2.45, 2.75) is 78.4 Å². The lowest BCUT2D eigenvalue weighted by Crippen LogP contribution is -2.37. The molecule has 0 saturated heterocycles. The number of anilines is 1. The minimum Gasteiger partial charge on any atom is -0.367 e. The third kappa shape index (κ3) is 4.27. The van der Waals surface area contributed by atoms with Crippen LogP contribution >= 0.6 is 0 Å². The largest absolute Gasteiger partial charge is 0.367 e. The first-order valence-electron chi connectivity index (χ1n) is 11.7. The monoisotopic (exact) mass is 403 g/mol. The molecule has 1 aromatic carbocycles. The number of nitrogens with one attached hydrogen (secondary N) is 1. The molecule has 0 unspecified atom stereocenters. The zero-order valence-electron chi connectivity index (χ0n) is 19.1. The lowest BCUT2D eigenvalue weighted by atomic mass is 9.93. The summed E-state index contributed by atoms with van der Waals surface area (Å²) in [6, 6.07) is 16.7. The predicted octanol–water partition coefficient (Wildman–Crippen LogP) is 5.77. The van der Waals surface area contributed by atoms with Crippen LogP contribution in [0.25, 0.3) is 5.52 Å². The van der Waals surface area contributed by atoms with Crippen molar-refractivity contribution in [3.63, 3.8) is 0 Å². The van der Waals surface area contributed by atoms with E-state index in [9.17, 15) is 0 Å². The molecular weight excluding hydrogens is 366 g/mol. The summed E-state index contributed by atoms with van der Waals surface area (Å²) >= 11 is 0.